The van der Waals surface area contributed by atoms with E-state index in [1.165, 1.54) is 0 Å². The highest BCUT2D eigenvalue weighted by Gasteiger charge is 2.46. The molecule has 1 amide bonds. The van der Waals surface area contributed by atoms with E-state index in [1.807, 2.05) is 19.9 Å². The summed E-state index contributed by atoms with van der Waals surface area (Å²) in [5.41, 5.74) is 0.508. The molecule has 2 aromatic carbocycles. The second-order valence-electron chi connectivity index (χ2n) is 5.92. The summed E-state index contributed by atoms with van der Waals surface area (Å²) < 4.78 is 5.35. The monoisotopic (exact) mass is 325 g/mol. The molecule has 5 heteroatoms. The number of amides is 1. The number of aliphatic hydroxyl groups is 1. The number of benzene rings is 2. The molecule has 5 nitrogen and oxygen atoms in total. The molecule has 1 atom stereocenters. The first-order chi connectivity index (χ1) is 11.4. The van der Waals surface area contributed by atoms with Gasteiger partial charge in [-0.2, -0.15) is 0 Å². The summed E-state index contributed by atoms with van der Waals surface area (Å²) in [6, 6.07) is 12.0. The van der Waals surface area contributed by atoms with Crippen LogP contribution in [0.5, 0.6) is 5.75 Å². The second-order valence-corrected chi connectivity index (χ2v) is 5.92. The van der Waals surface area contributed by atoms with E-state index in [2.05, 4.69) is 5.32 Å². The molecule has 0 aromatic heterocycles. The van der Waals surface area contributed by atoms with Gasteiger partial charge in [-0.25, -0.2) is 0 Å². The van der Waals surface area contributed by atoms with Gasteiger partial charge < -0.3 is 15.2 Å². The third kappa shape index (κ3) is 2.78. The zero-order chi connectivity index (χ0) is 17.3. The van der Waals surface area contributed by atoms with Crippen LogP contribution in [0.2, 0.25) is 0 Å². The Labute approximate surface area is 140 Å². The maximum Gasteiger partial charge on any atom is 0.261 e. The molecule has 1 aliphatic rings. The quantitative estimate of drug-likeness (QED) is 0.829. The van der Waals surface area contributed by atoms with Crippen LogP contribution in [0.25, 0.3) is 0 Å². The van der Waals surface area contributed by atoms with Crippen LogP contribution in [0.4, 0.5) is 5.69 Å². The number of hydrogen-bond acceptors (Lipinski definition) is 4. The van der Waals surface area contributed by atoms with Gasteiger partial charge in [-0.3, -0.25) is 9.59 Å². The molecular weight excluding hydrogens is 306 g/mol. The van der Waals surface area contributed by atoms with E-state index in [-0.39, 0.29) is 12.2 Å². The molecule has 1 heterocycles. The summed E-state index contributed by atoms with van der Waals surface area (Å²) in [5, 5.41) is 13.5. The predicted molar refractivity (Wildman–Crippen MR) is 90.3 cm³/mol. The first-order valence-electron chi connectivity index (χ1n) is 7.85. The molecule has 0 saturated heterocycles. The van der Waals surface area contributed by atoms with Gasteiger partial charge in [-0.15, -0.1) is 0 Å². The number of ether oxygens (including phenoxy) is 1. The van der Waals surface area contributed by atoms with E-state index in [1.54, 1.807) is 36.4 Å². The summed E-state index contributed by atoms with van der Waals surface area (Å²) in [5.74, 6) is -0.195. The van der Waals surface area contributed by atoms with Crippen LogP contribution < -0.4 is 10.1 Å². The minimum absolute atomic E-state index is 0.301. The van der Waals surface area contributed by atoms with Gasteiger partial charge in [0.1, 0.15) is 5.75 Å². The highest BCUT2D eigenvalue weighted by atomic mass is 16.5. The Balaban J connectivity index is 1.86. The number of nitrogens with one attached hydrogen (secondary N) is 1. The molecule has 124 valence electrons. The lowest BCUT2D eigenvalue weighted by atomic mass is 9.87. The van der Waals surface area contributed by atoms with Crippen LogP contribution in [0.1, 0.15) is 34.8 Å². The molecular formula is C19H19NO4. The maximum atomic E-state index is 12.5. The molecule has 0 spiro atoms. The highest BCUT2D eigenvalue weighted by Crippen LogP contribution is 2.39. The van der Waals surface area contributed by atoms with Crippen LogP contribution in [-0.2, 0) is 10.4 Å². The average Bonchev–Trinajstić information content (AvgIpc) is 2.79. The molecule has 0 bridgehead atoms. The van der Waals surface area contributed by atoms with Crippen LogP contribution in [0.15, 0.2) is 42.5 Å². The van der Waals surface area contributed by atoms with Crippen LogP contribution >= 0.6 is 0 Å². The molecule has 2 aromatic rings. The van der Waals surface area contributed by atoms with Gasteiger partial charge in [0, 0.05) is 16.8 Å². The van der Waals surface area contributed by atoms with Crippen molar-refractivity contribution in [2.24, 2.45) is 0 Å². The number of aryl methyl sites for hydroxylation is 1. The topological polar surface area (TPSA) is 75.6 Å². The Morgan fingerprint density at radius 2 is 1.92 bits per heavy atom. The van der Waals surface area contributed by atoms with Crippen molar-refractivity contribution in [3.63, 3.8) is 0 Å². The number of Topliss-reactive ketones (excluding diaryl/α,β-unsaturated/α-hetero) is 1. The van der Waals surface area contributed by atoms with E-state index in [0.29, 0.717) is 29.2 Å². The van der Waals surface area contributed by atoms with Crippen molar-refractivity contribution in [3.8, 4) is 5.75 Å². The SMILES string of the molecule is CCOc1ccc(C(=O)C[C@]2(O)C(=O)Nc3ccc(C)cc32)cc1. The Hall–Kier alpha value is -2.66. The third-order valence-electron chi connectivity index (χ3n) is 4.15. The average molecular weight is 325 g/mol. The Morgan fingerprint density at radius 3 is 2.58 bits per heavy atom. The van der Waals surface area contributed by atoms with Gasteiger partial charge in [0.2, 0.25) is 0 Å². The van der Waals surface area contributed by atoms with Crippen LogP contribution in [0, 0.1) is 6.92 Å². The van der Waals surface area contributed by atoms with Gasteiger partial charge in [-0.05, 0) is 44.2 Å². The Bertz CT molecular complexity index is 798. The summed E-state index contributed by atoms with van der Waals surface area (Å²) in [6.07, 6.45) is -0.302. The minimum atomic E-state index is -1.84. The maximum absolute atomic E-state index is 12.5. The number of hydrogen-bond donors (Lipinski definition) is 2. The zero-order valence-electron chi connectivity index (χ0n) is 13.6. The van der Waals surface area contributed by atoms with Crippen molar-refractivity contribution >= 4 is 17.4 Å². The Morgan fingerprint density at radius 1 is 1.21 bits per heavy atom. The minimum Gasteiger partial charge on any atom is -0.494 e. The predicted octanol–water partition coefficient (Wildman–Crippen LogP) is 2.81. The lowest BCUT2D eigenvalue weighted by Gasteiger charge is -2.20. The number of anilines is 1. The van der Waals surface area contributed by atoms with Gasteiger partial charge in [0.15, 0.2) is 11.4 Å². The smallest absolute Gasteiger partial charge is 0.261 e. The molecule has 0 aliphatic carbocycles. The molecule has 3 rings (SSSR count). The highest BCUT2D eigenvalue weighted by molar-refractivity contribution is 6.09. The summed E-state index contributed by atoms with van der Waals surface area (Å²) in [7, 11) is 0. The third-order valence-corrected chi connectivity index (χ3v) is 4.15. The Kier molecular flexibility index (Phi) is 4.11. The normalized spacial score (nSPS) is 18.9. The summed E-state index contributed by atoms with van der Waals surface area (Å²) in [6.45, 7) is 4.30. The van der Waals surface area contributed by atoms with Gasteiger partial charge in [0.05, 0.1) is 13.0 Å². The number of carbonyl (C=O) groups is 2. The largest absolute Gasteiger partial charge is 0.494 e. The zero-order valence-corrected chi connectivity index (χ0v) is 13.6. The molecule has 0 radical (unpaired) electrons. The van der Waals surface area contributed by atoms with Crippen molar-refractivity contribution in [2.45, 2.75) is 25.9 Å². The van der Waals surface area contributed by atoms with Gasteiger partial charge in [-0.1, -0.05) is 17.7 Å². The lowest BCUT2D eigenvalue weighted by Crippen LogP contribution is -2.36. The lowest BCUT2D eigenvalue weighted by molar-refractivity contribution is -0.133. The molecule has 0 saturated carbocycles. The van der Waals surface area contributed by atoms with Crippen LogP contribution in [0.3, 0.4) is 0 Å². The number of ketones is 1. The van der Waals surface area contributed by atoms with Crippen molar-refractivity contribution < 1.29 is 19.4 Å². The molecule has 1 aliphatic heterocycles. The molecule has 0 unspecified atom stereocenters. The van der Waals surface area contributed by atoms with E-state index in [9.17, 15) is 14.7 Å². The fourth-order valence-electron chi connectivity index (χ4n) is 2.87. The second kappa shape index (κ2) is 6.09. The number of carbonyl (C=O) groups excluding carboxylic acids is 2. The van der Waals surface area contributed by atoms with E-state index < -0.39 is 11.5 Å². The van der Waals surface area contributed by atoms with Gasteiger partial charge >= 0.3 is 0 Å². The fraction of sp³-hybridized carbons (Fsp3) is 0.263. The number of rotatable bonds is 5. The van der Waals surface area contributed by atoms with Crippen molar-refractivity contribution in [1.82, 2.24) is 0 Å². The van der Waals surface area contributed by atoms with Crippen molar-refractivity contribution in [2.75, 3.05) is 11.9 Å². The molecule has 24 heavy (non-hydrogen) atoms. The summed E-state index contributed by atoms with van der Waals surface area (Å²) >= 11 is 0. The molecule has 0 fully saturated rings. The fourth-order valence-corrected chi connectivity index (χ4v) is 2.87. The standard InChI is InChI=1S/C19H19NO4/c1-3-24-14-7-5-13(6-8-14)17(21)11-19(23)15-10-12(2)4-9-16(15)20-18(19)22/h4-10,23H,3,11H2,1-2H3,(H,20,22)/t19-/m1/s1. The van der Waals surface area contributed by atoms with Crippen LogP contribution in [-0.4, -0.2) is 23.4 Å². The van der Waals surface area contributed by atoms with Crippen molar-refractivity contribution in [3.05, 3.63) is 59.2 Å². The van der Waals surface area contributed by atoms with E-state index >= 15 is 0 Å². The van der Waals surface area contributed by atoms with E-state index in [4.69, 9.17) is 4.74 Å². The number of fused-ring (bicyclic) bond motifs is 1. The van der Waals surface area contributed by atoms with E-state index in [0.717, 1.165) is 5.56 Å². The first-order valence-corrected chi connectivity index (χ1v) is 7.85. The first kappa shape index (κ1) is 16.2. The summed E-state index contributed by atoms with van der Waals surface area (Å²) in [4.78, 5) is 24.8. The molecule has 2 N–H and O–H groups in total. The van der Waals surface area contributed by atoms with Gasteiger partial charge in [0.25, 0.3) is 5.91 Å². The van der Waals surface area contributed by atoms with Crippen molar-refractivity contribution in [1.29, 1.82) is 0 Å².